The van der Waals surface area contributed by atoms with Crippen molar-refractivity contribution in [3.63, 3.8) is 0 Å². The number of benzene rings is 1. The zero-order chi connectivity index (χ0) is 20.5. The number of allylic oxidation sites excluding steroid dienone is 2. The number of carbonyl (C=O) groups is 1. The summed E-state index contributed by atoms with van der Waals surface area (Å²) in [6.07, 6.45) is 1.86. The van der Waals surface area contributed by atoms with Crippen molar-refractivity contribution in [3.05, 3.63) is 47.6 Å². The van der Waals surface area contributed by atoms with Crippen molar-refractivity contribution in [2.75, 3.05) is 23.7 Å². The van der Waals surface area contributed by atoms with Crippen LogP contribution in [0.2, 0.25) is 0 Å². The van der Waals surface area contributed by atoms with Crippen LogP contribution in [0.4, 0.5) is 5.69 Å². The minimum Gasteiger partial charge on any atom is -0.439 e. The summed E-state index contributed by atoms with van der Waals surface area (Å²) < 4.78 is 42.3. The number of carbonyl (C=O) groups excluding carboxylic acids is 1. The molecular formula is C18H20N2O6S2. The van der Waals surface area contributed by atoms with Crippen molar-refractivity contribution in [2.24, 2.45) is 0 Å². The van der Waals surface area contributed by atoms with E-state index >= 15 is 0 Å². The van der Waals surface area contributed by atoms with Gasteiger partial charge in [0.25, 0.3) is 21.2 Å². The molecule has 8 nitrogen and oxygen atoms in total. The van der Waals surface area contributed by atoms with Crippen LogP contribution >= 0.6 is 12.2 Å². The molecule has 0 aromatic heterocycles. The van der Waals surface area contributed by atoms with Gasteiger partial charge in [0.1, 0.15) is 0 Å². The lowest BCUT2D eigenvalue weighted by Crippen LogP contribution is -2.28. The van der Waals surface area contributed by atoms with Crippen LogP contribution in [0.15, 0.2) is 47.6 Å². The number of ether oxygens (including phenoxy) is 2. The van der Waals surface area contributed by atoms with Gasteiger partial charge in [-0.2, -0.15) is 8.42 Å². The van der Waals surface area contributed by atoms with Gasteiger partial charge in [0.05, 0.1) is 11.4 Å². The first-order valence-electron chi connectivity index (χ1n) is 8.67. The molecule has 0 unspecified atom stereocenters. The fourth-order valence-corrected chi connectivity index (χ4v) is 3.75. The predicted octanol–water partition coefficient (Wildman–Crippen LogP) is 2.44. The number of fused-ring (bicyclic) bond motifs is 1. The minimum atomic E-state index is -4.05. The van der Waals surface area contributed by atoms with E-state index in [1.807, 2.05) is 18.2 Å². The summed E-state index contributed by atoms with van der Waals surface area (Å²) in [5.41, 5.74) is 1.30. The SMILES string of the molecule is CCN1C(=O)C(=C(C)C=C2Oc3ccccc3N2CCCS(=O)(=O)O)OC1=S. The number of hydrogen-bond acceptors (Lipinski definition) is 7. The van der Waals surface area contributed by atoms with Crippen LogP contribution < -0.4 is 9.64 Å². The Hall–Kier alpha value is -2.43. The highest BCUT2D eigenvalue weighted by atomic mass is 32.2. The van der Waals surface area contributed by atoms with E-state index in [1.54, 1.807) is 30.9 Å². The topological polar surface area (TPSA) is 96.4 Å². The van der Waals surface area contributed by atoms with Crippen LogP contribution in [0.25, 0.3) is 0 Å². The Morgan fingerprint density at radius 3 is 2.61 bits per heavy atom. The first-order valence-corrected chi connectivity index (χ1v) is 10.7. The van der Waals surface area contributed by atoms with Crippen LogP contribution in [0.1, 0.15) is 20.3 Å². The van der Waals surface area contributed by atoms with Crippen LogP contribution in [0.5, 0.6) is 5.75 Å². The molecule has 0 radical (unpaired) electrons. The smallest absolute Gasteiger partial charge is 0.297 e. The van der Waals surface area contributed by atoms with Gasteiger partial charge in [-0.3, -0.25) is 14.2 Å². The molecular weight excluding hydrogens is 404 g/mol. The number of likely N-dealkylation sites (N-methyl/N-ethyl adjacent to an activating group) is 1. The van der Waals surface area contributed by atoms with Crippen LogP contribution in [0, 0.1) is 0 Å². The average Bonchev–Trinajstić information content (AvgIpc) is 3.11. The Balaban J connectivity index is 1.89. The average molecular weight is 425 g/mol. The third-order valence-corrected chi connectivity index (χ3v) is 5.39. The van der Waals surface area contributed by atoms with Gasteiger partial charge in [0, 0.05) is 24.7 Å². The van der Waals surface area contributed by atoms with E-state index < -0.39 is 10.1 Å². The zero-order valence-corrected chi connectivity index (χ0v) is 17.0. The molecule has 0 atom stereocenters. The Morgan fingerprint density at radius 1 is 1.25 bits per heavy atom. The first kappa shape index (κ1) is 20.3. The summed E-state index contributed by atoms with van der Waals surface area (Å²) in [7, 11) is -4.05. The maximum Gasteiger partial charge on any atom is 0.297 e. The van der Waals surface area contributed by atoms with Crippen LogP contribution in [-0.2, 0) is 19.6 Å². The maximum atomic E-state index is 12.4. The fraction of sp³-hybridized carbons (Fsp3) is 0.333. The largest absolute Gasteiger partial charge is 0.439 e. The van der Waals surface area contributed by atoms with Gasteiger partial charge in [-0.1, -0.05) is 12.1 Å². The fourth-order valence-electron chi connectivity index (χ4n) is 2.96. The molecule has 1 saturated heterocycles. The highest BCUT2D eigenvalue weighted by Gasteiger charge is 2.34. The molecule has 1 aromatic rings. The first-order chi connectivity index (χ1) is 13.2. The normalized spacial score (nSPS) is 19.8. The predicted molar refractivity (Wildman–Crippen MR) is 107 cm³/mol. The van der Waals surface area contributed by atoms with Crippen molar-refractivity contribution in [2.45, 2.75) is 20.3 Å². The van der Waals surface area contributed by atoms with Gasteiger partial charge in [-0.15, -0.1) is 0 Å². The molecule has 1 aromatic carbocycles. The molecule has 3 rings (SSSR count). The quantitative estimate of drug-likeness (QED) is 0.423. The number of amides is 1. The lowest BCUT2D eigenvalue weighted by Gasteiger charge is -2.18. The summed E-state index contributed by atoms with van der Waals surface area (Å²) in [6.45, 7) is 4.23. The monoisotopic (exact) mass is 424 g/mol. The molecule has 1 fully saturated rings. The molecule has 28 heavy (non-hydrogen) atoms. The van der Waals surface area contributed by atoms with Gasteiger partial charge in [0.15, 0.2) is 11.5 Å². The summed E-state index contributed by atoms with van der Waals surface area (Å²) in [5, 5.41) is 0.112. The molecule has 0 spiro atoms. The van der Waals surface area contributed by atoms with Gasteiger partial charge >= 0.3 is 0 Å². The number of anilines is 1. The van der Waals surface area contributed by atoms with E-state index in [-0.39, 0.29) is 29.0 Å². The second kappa shape index (κ2) is 7.90. The van der Waals surface area contributed by atoms with E-state index in [0.29, 0.717) is 30.3 Å². The number of nitrogens with zero attached hydrogens (tertiary/aromatic N) is 2. The third-order valence-electron chi connectivity index (χ3n) is 4.28. The van der Waals surface area contributed by atoms with Crippen molar-refractivity contribution >= 4 is 39.1 Å². The number of thiocarbonyl (C=S) groups is 1. The van der Waals surface area contributed by atoms with Crippen molar-refractivity contribution in [1.82, 2.24) is 4.90 Å². The Bertz CT molecular complexity index is 984. The molecule has 1 amide bonds. The Morgan fingerprint density at radius 2 is 1.96 bits per heavy atom. The lowest BCUT2D eigenvalue weighted by atomic mass is 10.2. The Labute approximate surface area is 168 Å². The molecule has 2 aliphatic heterocycles. The van der Waals surface area contributed by atoms with E-state index in [9.17, 15) is 13.2 Å². The molecule has 150 valence electrons. The highest BCUT2D eigenvalue weighted by Crippen LogP contribution is 2.39. The third kappa shape index (κ3) is 4.18. The standard InChI is InChI=1S/C18H20N2O6S2/c1-3-19-17(21)16(26-18(19)27)12(2)11-15-20(9-6-10-28(22,23)24)13-7-4-5-8-14(13)25-15/h4-5,7-8,11H,3,6,9-10H2,1-2H3,(H,22,23,24). The van der Waals surface area contributed by atoms with Crippen molar-refractivity contribution < 1.29 is 27.2 Å². The maximum absolute atomic E-state index is 12.4. The van der Waals surface area contributed by atoms with Crippen molar-refractivity contribution in [3.8, 4) is 5.75 Å². The molecule has 2 heterocycles. The highest BCUT2D eigenvalue weighted by molar-refractivity contribution is 7.85. The van der Waals surface area contributed by atoms with E-state index in [4.69, 9.17) is 26.2 Å². The summed E-state index contributed by atoms with van der Waals surface area (Å²) in [5.74, 6) is 0.508. The van der Waals surface area contributed by atoms with Gasteiger partial charge in [0.2, 0.25) is 5.88 Å². The summed E-state index contributed by atoms with van der Waals surface area (Å²) >= 11 is 5.07. The van der Waals surface area contributed by atoms with Crippen molar-refractivity contribution in [1.29, 1.82) is 0 Å². The van der Waals surface area contributed by atoms with Crippen LogP contribution in [-0.4, -0.2) is 47.8 Å². The van der Waals surface area contributed by atoms with Crippen LogP contribution in [0.3, 0.4) is 0 Å². The Kier molecular flexibility index (Phi) is 5.73. The second-order valence-corrected chi connectivity index (χ2v) is 8.19. The zero-order valence-electron chi connectivity index (χ0n) is 15.4. The van der Waals surface area contributed by atoms with Gasteiger partial charge in [-0.05, 0) is 44.6 Å². The van der Waals surface area contributed by atoms with E-state index in [1.165, 1.54) is 4.90 Å². The number of para-hydroxylation sites is 2. The number of rotatable bonds is 6. The molecule has 10 heteroatoms. The molecule has 1 N–H and O–H groups in total. The summed E-state index contributed by atoms with van der Waals surface area (Å²) in [4.78, 5) is 15.6. The van der Waals surface area contributed by atoms with E-state index in [0.717, 1.165) is 5.69 Å². The molecule has 2 aliphatic rings. The molecule has 0 saturated carbocycles. The second-order valence-electron chi connectivity index (χ2n) is 6.27. The minimum absolute atomic E-state index is 0.112. The molecule has 0 aliphatic carbocycles. The van der Waals surface area contributed by atoms with Gasteiger partial charge in [-0.25, -0.2) is 0 Å². The lowest BCUT2D eigenvalue weighted by molar-refractivity contribution is -0.122. The summed E-state index contributed by atoms with van der Waals surface area (Å²) in [6, 6.07) is 7.30. The van der Waals surface area contributed by atoms with E-state index in [2.05, 4.69) is 0 Å². The number of hydrogen-bond donors (Lipinski definition) is 1. The molecule has 0 bridgehead atoms. The van der Waals surface area contributed by atoms with Gasteiger partial charge < -0.3 is 14.4 Å².